The second-order valence-corrected chi connectivity index (χ2v) is 5.08. The number of halogens is 2. The topological polar surface area (TPSA) is 29.1 Å². The molecule has 0 bridgehead atoms. The number of nitrogens with one attached hydrogen (secondary N) is 1. The van der Waals surface area contributed by atoms with E-state index in [1.165, 1.54) is 0 Å². The van der Waals surface area contributed by atoms with Gasteiger partial charge in [-0.3, -0.25) is 4.79 Å². The van der Waals surface area contributed by atoms with Crippen molar-refractivity contribution < 1.29 is 4.79 Å². The molecular weight excluding hydrogens is 245 g/mol. The maximum Gasteiger partial charge on any atom is 0.207 e. The lowest BCUT2D eigenvalue weighted by Crippen LogP contribution is -2.38. The quantitative estimate of drug-likeness (QED) is 0.826. The molecule has 0 radical (unpaired) electrons. The van der Waals surface area contributed by atoms with Gasteiger partial charge in [-0.15, -0.1) is 0 Å². The van der Waals surface area contributed by atoms with Crippen LogP contribution in [0, 0.1) is 0 Å². The van der Waals surface area contributed by atoms with Crippen molar-refractivity contribution in [2.45, 2.75) is 31.2 Å². The Morgan fingerprint density at radius 2 is 1.69 bits per heavy atom. The third-order valence-corrected chi connectivity index (χ3v) is 3.64. The number of hydrogen-bond donors (Lipinski definition) is 1. The fourth-order valence-electron chi connectivity index (χ4n) is 2.44. The van der Waals surface area contributed by atoms with Crippen LogP contribution in [0.15, 0.2) is 18.2 Å². The fourth-order valence-corrected chi connectivity index (χ4v) is 2.96. The van der Waals surface area contributed by atoms with E-state index in [1.54, 1.807) is 6.07 Å². The van der Waals surface area contributed by atoms with Crippen LogP contribution < -0.4 is 5.32 Å². The van der Waals surface area contributed by atoms with Crippen molar-refractivity contribution in [1.29, 1.82) is 0 Å². The molecule has 2 rings (SSSR count). The van der Waals surface area contributed by atoms with E-state index in [0.717, 1.165) is 37.7 Å². The average Bonchev–Trinajstić information content (AvgIpc) is 2.66. The summed E-state index contributed by atoms with van der Waals surface area (Å²) in [7, 11) is 0. The molecule has 16 heavy (non-hydrogen) atoms. The Bertz CT molecular complexity index is 380. The summed E-state index contributed by atoms with van der Waals surface area (Å²) < 4.78 is 0. The molecule has 86 valence electrons. The summed E-state index contributed by atoms with van der Waals surface area (Å²) in [5.41, 5.74) is 0.741. The minimum absolute atomic E-state index is 0.268. The van der Waals surface area contributed by atoms with E-state index in [0.29, 0.717) is 10.0 Å². The maximum absolute atomic E-state index is 10.7. The van der Waals surface area contributed by atoms with E-state index in [4.69, 9.17) is 23.2 Å². The SMILES string of the molecule is O=CNC1(c2cc(Cl)cc(Cl)c2)CCCC1. The molecule has 0 unspecified atom stereocenters. The van der Waals surface area contributed by atoms with Gasteiger partial charge in [-0.1, -0.05) is 36.0 Å². The summed E-state index contributed by atoms with van der Waals surface area (Å²) in [6.45, 7) is 0. The standard InChI is InChI=1S/C12H13Cl2NO/c13-10-5-9(6-11(14)7-10)12(15-8-16)3-1-2-4-12/h5-8H,1-4H2,(H,15,16). The van der Waals surface area contributed by atoms with Crippen LogP contribution in [0.3, 0.4) is 0 Å². The predicted molar refractivity (Wildman–Crippen MR) is 65.8 cm³/mol. The monoisotopic (exact) mass is 257 g/mol. The largest absolute Gasteiger partial charge is 0.349 e. The molecule has 0 heterocycles. The highest BCUT2D eigenvalue weighted by atomic mass is 35.5. The molecule has 1 saturated carbocycles. The van der Waals surface area contributed by atoms with Crippen LogP contribution in [0.4, 0.5) is 0 Å². The van der Waals surface area contributed by atoms with Gasteiger partial charge in [-0.05, 0) is 36.6 Å². The van der Waals surface area contributed by atoms with Crippen LogP contribution in [0.5, 0.6) is 0 Å². The van der Waals surface area contributed by atoms with Crippen molar-refractivity contribution in [3.8, 4) is 0 Å². The number of rotatable bonds is 3. The van der Waals surface area contributed by atoms with Crippen molar-refractivity contribution in [1.82, 2.24) is 5.32 Å². The molecule has 0 saturated heterocycles. The number of carbonyl (C=O) groups excluding carboxylic acids is 1. The summed E-state index contributed by atoms with van der Waals surface area (Å²) in [5, 5.41) is 4.16. The van der Waals surface area contributed by atoms with Crippen LogP contribution in [0.2, 0.25) is 10.0 Å². The average molecular weight is 258 g/mol. The zero-order chi connectivity index (χ0) is 11.6. The van der Waals surface area contributed by atoms with E-state index in [9.17, 15) is 4.79 Å². The molecule has 1 aromatic carbocycles. The molecule has 1 amide bonds. The van der Waals surface area contributed by atoms with Gasteiger partial charge in [0.2, 0.25) is 6.41 Å². The fraction of sp³-hybridized carbons (Fsp3) is 0.417. The second-order valence-electron chi connectivity index (χ2n) is 4.21. The predicted octanol–water partition coefficient (Wildman–Crippen LogP) is 3.51. The first-order valence-electron chi connectivity index (χ1n) is 5.34. The Hall–Kier alpha value is -0.730. The van der Waals surface area contributed by atoms with Crippen molar-refractivity contribution >= 4 is 29.6 Å². The van der Waals surface area contributed by atoms with Gasteiger partial charge in [0.25, 0.3) is 0 Å². The molecule has 0 aliphatic heterocycles. The summed E-state index contributed by atoms with van der Waals surface area (Å²) in [6.07, 6.45) is 4.89. The molecule has 2 nitrogen and oxygen atoms in total. The third-order valence-electron chi connectivity index (χ3n) is 3.21. The zero-order valence-corrected chi connectivity index (χ0v) is 10.3. The smallest absolute Gasteiger partial charge is 0.207 e. The summed E-state index contributed by atoms with van der Waals surface area (Å²) in [5.74, 6) is 0. The minimum Gasteiger partial charge on any atom is -0.349 e. The van der Waals surface area contributed by atoms with Crippen LogP contribution in [0.25, 0.3) is 0 Å². The summed E-state index contributed by atoms with van der Waals surface area (Å²) in [4.78, 5) is 10.7. The molecule has 0 atom stereocenters. The van der Waals surface area contributed by atoms with Gasteiger partial charge in [0.1, 0.15) is 0 Å². The Kier molecular flexibility index (Phi) is 3.41. The van der Waals surface area contributed by atoms with Gasteiger partial charge in [0.15, 0.2) is 0 Å². The van der Waals surface area contributed by atoms with Gasteiger partial charge in [0, 0.05) is 10.0 Å². The van der Waals surface area contributed by atoms with E-state index in [2.05, 4.69) is 5.32 Å². The molecule has 0 aromatic heterocycles. The van der Waals surface area contributed by atoms with Crippen molar-refractivity contribution in [3.63, 3.8) is 0 Å². The Labute approximate surface area is 105 Å². The van der Waals surface area contributed by atoms with Gasteiger partial charge in [0.05, 0.1) is 5.54 Å². The third kappa shape index (κ3) is 2.18. The first-order valence-corrected chi connectivity index (χ1v) is 6.10. The lowest BCUT2D eigenvalue weighted by atomic mass is 9.88. The van der Waals surface area contributed by atoms with Gasteiger partial charge < -0.3 is 5.32 Å². The molecule has 1 aliphatic rings. The highest BCUT2D eigenvalue weighted by molar-refractivity contribution is 6.34. The highest BCUT2D eigenvalue weighted by Crippen LogP contribution is 2.40. The second kappa shape index (κ2) is 4.64. The Balaban J connectivity index is 2.42. The highest BCUT2D eigenvalue weighted by Gasteiger charge is 2.35. The molecule has 1 aromatic rings. The van der Waals surface area contributed by atoms with E-state index in [1.807, 2.05) is 12.1 Å². The summed E-state index contributed by atoms with van der Waals surface area (Å²) in [6, 6.07) is 5.47. The molecule has 4 heteroatoms. The van der Waals surface area contributed by atoms with Crippen LogP contribution in [-0.2, 0) is 10.3 Å². The normalized spacial score (nSPS) is 18.4. The van der Waals surface area contributed by atoms with E-state index in [-0.39, 0.29) is 5.54 Å². The minimum atomic E-state index is -0.268. The van der Waals surface area contributed by atoms with Crippen LogP contribution in [-0.4, -0.2) is 6.41 Å². The first kappa shape index (κ1) is 11.7. The van der Waals surface area contributed by atoms with Gasteiger partial charge in [-0.2, -0.15) is 0 Å². The summed E-state index contributed by atoms with van der Waals surface area (Å²) >= 11 is 12.0. The van der Waals surface area contributed by atoms with E-state index < -0.39 is 0 Å². The van der Waals surface area contributed by atoms with Gasteiger partial charge >= 0.3 is 0 Å². The van der Waals surface area contributed by atoms with Crippen molar-refractivity contribution in [2.24, 2.45) is 0 Å². The van der Waals surface area contributed by atoms with Crippen LogP contribution >= 0.6 is 23.2 Å². The molecule has 0 spiro atoms. The molecule has 1 N–H and O–H groups in total. The molecular formula is C12H13Cl2NO. The van der Waals surface area contributed by atoms with E-state index >= 15 is 0 Å². The maximum atomic E-state index is 10.7. The lowest BCUT2D eigenvalue weighted by Gasteiger charge is -2.29. The van der Waals surface area contributed by atoms with Gasteiger partial charge in [-0.25, -0.2) is 0 Å². The first-order chi connectivity index (χ1) is 7.66. The Morgan fingerprint density at radius 3 is 2.19 bits per heavy atom. The van der Waals surface area contributed by atoms with Crippen molar-refractivity contribution in [3.05, 3.63) is 33.8 Å². The number of hydrogen-bond acceptors (Lipinski definition) is 1. The zero-order valence-electron chi connectivity index (χ0n) is 8.80. The number of carbonyl (C=O) groups is 1. The number of benzene rings is 1. The van der Waals surface area contributed by atoms with Crippen LogP contribution in [0.1, 0.15) is 31.2 Å². The lowest BCUT2D eigenvalue weighted by molar-refractivity contribution is -0.111. The molecule has 1 aliphatic carbocycles. The molecule has 1 fully saturated rings. The Morgan fingerprint density at radius 1 is 1.12 bits per heavy atom. The number of amides is 1. The van der Waals surface area contributed by atoms with Crippen molar-refractivity contribution in [2.75, 3.05) is 0 Å².